The predicted molar refractivity (Wildman–Crippen MR) is 86.1 cm³/mol. The molecule has 0 aliphatic heterocycles. The van der Waals surface area contributed by atoms with E-state index >= 15 is 0 Å². The van der Waals surface area contributed by atoms with E-state index in [0.717, 1.165) is 0 Å². The minimum Gasteiger partial charge on any atom is -0.493 e. The summed E-state index contributed by atoms with van der Waals surface area (Å²) in [7, 11) is 1.45. The van der Waals surface area contributed by atoms with Crippen LogP contribution in [-0.4, -0.2) is 12.0 Å². The summed E-state index contributed by atoms with van der Waals surface area (Å²) >= 11 is 6.02. The molecule has 23 heavy (non-hydrogen) atoms. The van der Waals surface area contributed by atoms with Crippen LogP contribution in [-0.2, 0) is 0 Å². The zero-order chi connectivity index (χ0) is 16.6. The van der Waals surface area contributed by atoms with Crippen LogP contribution in [0.5, 0.6) is 5.75 Å². The van der Waals surface area contributed by atoms with E-state index in [1.165, 1.54) is 31.4 Å². The van der Waals surface area contributed by atoms with Crippen LogP contribution in [0.4, 0.5) is 5.69 Å². The van der Waals surface area contributed by atoms with E-state index in [9.17, 15) is 14.9 Å². The van der Waals surface area contributed by atoms with Crippen molar-refractivity contribution in [2.75, 3.05) is 7.11 Å². The number of halogens is 1. The molecule has 116 valence electrons. The number of benzene rings is 2. The minimum absolute atomic E-state index is 0.0522. The molecule has 3 aromatic rings. The number of rotatable bonds is 3. The molecule has 0 aliphatic carbocycles. The lowest BCUT2D eigenvalue weighted by Gasteiger charge is -2.07. The summed E-state index contributed by atoms with van der Waals surface area (Å²) in [6, 6.07) is 10.5. The SMILES string of the molecule is COc1cc(Cl)cc2cc(-c3ccc([N+](=O)[O-])cc3)c(=O)oc12. The standard InChI is InChI=1S/C16H10ClNO5/c1-22-14-8-11(17)6-10-7-13(16(19)23-15(10)14)9-2-4-12(5-3-9)18(20)21/h2-8H,1H3. The third-order valence-corrected chi connectivity index (χ3v) is 3.59. The molecule has 0 saturated heterocycles. The summed E-state index contributed by atoms with van der Waals surface area (Å²) in [5.74, 6) is 0.361. The highest BCUT2D eigenvalue weighted by Gasteiger charge is 2.13. The van der Waals surface area contributed by atoms with Crippen LogP contribution in [0.3, 0.4) is 0 Å². The first-order chi connectivity index (χ1) is 11.0. The van der Waals surface area contributed by atoms with E-state index in [0.29, 0.717) is 27.3 Å². The van der Waals surface area contributed by atoms with Crippen molar-refractivity contribution in [3.63, 3.8) is 0 Å². The monoisotopic (exact) mass is 331 g/mol. The zero-order valence-electron chi connectivity index (χ0n) is 11.9. The Balaban J connectivity index is 2.20. The van der Waals surface area contributed by atoms with Crippen LogP contribution in [0.1, 0.15) is 0 Å². The van der Waals surface area contributed by atoms with E-state index < -0.39 is 10.5 Å². The largest absolute Gasteiger partial charge is 0.493 e. The van der Waals surface area contributed by atoms with Crippen LogP contribution in [0.15, 0.2) is 51.7 Å². The first-order valence-electron chi connectivity index (χ1n) is 6.56. The highest BCUT2D eigenvalue weighted by molar-refractivity contribution is 6.31. The van der Waals surface area contributed by atoms with E-state index in [2.05, 4.69) is 0 Å². The second-order valence-electron chi connectivity index (χ2n) is 4.78. The first-order valence-corrected chi connectivity index (χ1v) is 6.93. The Labute approximate surface area is 135 Å². The molecular formula is C16H10ClNO5. The summed E-state index contributed by atoms with van der Waals surface area (Å²) < 4.78 is 10.5. The molecular weight excluding hydrogens is 322 g/mol. The maximum absolute atomic E-state index is 12.2. The van der Waals surface area contributed by atoms with Crippen molar-refractivity contribution in [1.29, 1.82) is 0 Å². The summed E-state index contributed by atoms with van der Waals surface area (Å²) in [4.78, 5) is 22.4. The van der Waals surface area contributed by atoms with Gasteiger partial charge in [-0.15, -0.1) is 0 Å². The molecule has 0 atom stereocenters. The number of nitrogens with zero attached hydrogens (tertiary/aromatic N) is 1. The molecule has 1 aromatic heterocycles. The van der Waals surface area contributed by atoms with E-state index in [1.54, 1.807) is 18.2 Å². The molecule has 0 N–H and O–H groups in total. The molecule has 7 heteroatoms. The quantitative estimate of drug-likeness (QED) is 0.411. The van der Waals surface area contributed by atoms with Gasteiger partial charge in [-0.3, -0.25) is 10.1 Å². The van der Waals surface area contributed by atoms with Crippen molar-refractivity contribution in [2.45, 2.75) is 0 Å². The van der Waals surface area contributed by atoms with Crippen LogP contribution < -0.4 is 10.4 Å². The van der Waals surface area contributed by atoms with Gasteiger partial charge in [-0.2, -0.15) is 0 Å². The molecule has 0 unspecified atom stereocenters. The number of nitro benzene ring substituents is 1. The number of non-ortho nitro benzene ring substituents is 1. The van der Waals surface area contributed by atoms with Gasteiger partial charge in [0.1, 0.15) is 0 Å². The Morgan fingerprint density at radius 1 is 1.17 bits per heavy atom. The van der Waals surface area contributed by atoms with Crippen LogP contribution in [0.2, 0.25) is 5.02 Å². The van der Waals surface area contributed by atoms with Crippen molar-refractivity contribution < 1.29 is 14.1 Å². The molecule has 1 heterocycles. The van der Waals surface area contributed by atoms with Gasteiger partial charge in [-0.05, 0) is 29.8 Å². The molecule has 0 saturated carbocycles. The highest BCUT2D eigenvalue weighted by Crippen LogP contribution is 2.31. The molecule has 0 bridgehead atoms. The summed E-state index contributed by atoms with van der Waals surface area (Å²) in [5.41, 5.74) is 0.491. The van der Waals surface area contributed by atoms with Crippen molar-refractivity contribution in [1.82, 2.24) is 0 Å². The van der Waals surface area contributed by atoms with Gasteiger partial charge in [0.15, 0.2) is 11.3 Å². The van der Waals surface area contributed by atoms with Crippen molar-refractivity contribution in [3.05, 3.63) is 68.0 Å². The minimum atomic E-state index is -0.563. The molecule has 2 aromatic carbocycles. The third-order valence-electron chi connectivity index (χ3n) is 3.37. The number of fused-ring (bicyclic) bond motifs is 1. The fourth-order valence-electron chi connectivity index (χ4n) is 2.28. The van der Waals surface area contributed by atoms with Gasteiger partial charge >= 0.3 is 5.63 Å². The molecule has 0 spiro atoms. The van der Waals surface area contributed by atoms with Gasteiger partial charge in [0, 0.05) is 28.6 Å². The van der Waals surface area contributed by atoms with E-state index in [4.69, 9.17) is 20.8 Å². The van der Waals surface area contributed by atoms with Gasteiger partial charge < -0.3 is 9.15 Å². The summed E-state index contributed by atoms with van der Waals surface area (Å²) in [6.07, 6.45) is 0. The van der Waals surface area contributed by atoms with Crippen LogP contribution in [0.25, 0.3) is 22.1 Å². The lowest BCUT2D eigenvalue weighted by atomic mass is 10.1. The van der Waals surface area contributed by atoms with Gasteiger partial charge in [0.05, 0.1) is 17.6 Å². The first kappa shape index (κ1) is 15.1. The molecule has 6 nitrogen and oxygen atoms in total. The number of methoxy groups -OCH3 is 1. The molecule has 0 aliphatic rings. The van der Waals surface area contributed by atoms with E-state index in [1.807, 2.05) is 0 Å². The van der Waals surface area contributed by atoms with Crippen molar-refractivity contribution in [2.24, 2.45) is 0 Å². The second kappa shape index (κ2) is 5.73. The predicted octanol–water partition coefficient (Wildman–Crippen LogP) is 4.03. The Morgan fingerprint density at radius 3 is 2.48 bits per heavy atom. The maximum atomic E-state index is 12.2. The molecule has 3 rings (SSSR count). The average molecular weight is 332 g/mol. The third kappa shape index (κ3) is 2.76. The number of nitro groups is 1. The number of ether oxygens (including phenoxy) is 1. The lowest BCUT2D eigenvalue weighted by Crippen LogP contribution is -2.03. The summed E-state index contributed by atoms with van der Waals surface area (Å²) in [6.45, 7) is 0. The fourth-order valence-corrected chi connectivity index (χ4v) is 2.50. The smallest absolute Gasteiger partial charge is 0.344 e. The maximum Gasteiger partial charge on any atom is 0.344 e. The Hall–Kier alpha value is -2.86. The Morgan fingerprint density at radius 2 is 1.87 bits per heavy atom. The fraction of sp³-hybridized carbons (Fsp3) is 0.0625. The van der Waals surface area contributed by atoms with E-state index in [-0.39, 0.29) is 11.3 Å². The lowest BCUT2D eigenvalue weighted by molar-refractivity contribution is -0.384. The normalized spacial score (nSPS) is 10.7. The highest BCUT2D eigenvalue weighted by atomic mass is 35.5. The van der Waals surface area contributed by atoms with Crippen molar-refractivity contribution >= 4 is 28.3 Å². The molecule has 0 fully saturated rings. The van der Waals surface area contributed by atoms with Gasteiger partial charge in [0.25, 0.3) is 5.69 Å². The van der Waals surface area contributed by atoms with Gasteiger partial charge in [0.2, 0.25) is 0 Å². The topological polar surface area (TPSA) is 82.6 Å². The van der Waals surface area contributed by atoms with Crippen LogP contribution in [0, 0.1) is 10.1 Å². The number of hydrogen-bond donors (Lipinski definition) is 0. The van der Waals surface area contributed by atoms with Gasteiger partial charge in [-0.25, -0.2) is 4.79 Å². The second-order valence-corrected chi connectivity index (χ2v) is 5.21. The number of hydrogen-bond acceptors (Lipinski definition) is 5. The van der Waals surface area contributed by atoms with Crippen molar-refractivity contribution in [3.8, 4) is 16.9 Å². The Bertz CT molecular complexity index is 963. The average Bonchev–Trinajstić information content (AvgIpc) is 2.54. The summed E-state index contributed by atoms with van der Waals surface area (Å²) in [5, 5.41) is 11.7. The van der Waals surface area contributed by atoms with Crippen LogP contribution >= 0.6 is 11.6 Å². The molecule has 0 radical (unpaired) electrons. The van der Waals surface area contributed by atoms with Gasteiger partial charge in [-0.1, -0.05) is 11.6 Å². The molecule has 0 amide bonds. The zero-order valence-corrected chi connectivity index (χ0v) is 12.7. The Kier molecular flexibility index (Phi) is 3.75.